The molecule has 2 heteroatoms. The summed E-state index contributed by atoms with van der Waals surface area (Å²) in [4.78, 5) is 2.42. The Kier molecular flexibility index (Phi) is 7.28. The molecule has 1 nitrogen and oxygen atoms in total. The molecule has 0 saturated carbocycles. The lowest BCUT2D eigenvalue weighted by Gasteiger charge is -2.42. The lowest BCUT2D eigenvalue weighted by atomic mass is 9.83. The molecule has 1 atom stereocenters. The largest absolute Gasteiger partial charge is 0.334 e. The van der Waals surface area contributed by atoms with Crippen molar-refractivity contribution in [3.05, 3.63) is 111 Å². The van der Waals surface area contributed by atoms with Crippen LogP contribution in [0.15, 0.2) is 66.9 Å². The predicted octanol–water partition coefficient (Wildman–Crippen LogP) is 8.52. The molecule has 3 aromatic carbocycles. The van der Waals surface area contributed by atoms with E-state index < -0.39 is 0 Å². The molecule has 0 spiro atoms. The summed E-state index contributed by atoms with van der Waals surface area (Å²) in [6, 6.07) is 19.8. The van der Waals surface area contributed by atoms with E-state index in [1.807, 2.05) is 26.0 Å². The van der Waals surface area contributed by atoms with Crippen molar-refractivity contribution < 1.29 is 0 Å². The summed E-state index contributed by atoms with van der Waals surface area (Å²) in [5.41, 5.74) is 11.7. The number of anilines is 1. The number of hydrogen-bond donors (Lipinski definition) is 0. The van der Waals surface area contributed by atoms with Crippen molar-refractivity contribution in [3.63, 3.8) is 0 Å². The normalized spacial score (nSPS) is 15.3. The zero-order valence-electron chi connectivity index (χ0n) is 19.7. The van der Waals surface area contributed by atoms with Gasteiger partial charge >= 0.3 is 0 Å². The van der Waals surface area contributed by atoms with E-state index in [9.17, 15) is 0 Å². The lowest BCUT2D eigenvalue weighted by Crippen LogP contribution is -2.34. The maximum absolute atomic E-state index is 6.21. The Hall–Kier alpha value is -2.51. The molecule has 1 unspecified atom stereocenters. The molecule has 4 rings (SSSR count). The summed E-state index contributed by atoms with van der Waals surface area (Å²) in [6.07, 6.45) is 1.93. The lowest BCUT2D eigenvalue weighted by molar-refractivity contribution is 0.717. The Labute approximate surface area is 193 Å². The summed E-state index contributed by atoms with van der Waals surface area (Å²) in [6.45, 7) is 17.3. The Morgan fingerprint density at radius 3 is 2.23 bits per heavy atom. The van der Waals surface area contributed by atoms with Gasteiger partial charge in [-0.15, -0.1) is 0 Å². The van der Waals surface area contributed by atoms with Gasteiger partial charge < -0.3 is 4.90 Å². The summed E-state index contributed by atoms with van der Waals surface area (Å²) in [5.74, 6) is 0. The van der Waals surface area contributed by atoms with E-state index in [1.54, 1.807) is 0 Å². The number of rotatable bonds is 3. The maximum Gasteiger partial charge on any atom is 0.0844 e. The van der Waals surface area contributed by atoms with E-state index in [0.29, 0.717) is 0 Å². The fourth-order valence-corrected chi connectivity index (χ4v) is 4.73. The van der Waals surface area contributed by atoms with E-state index in [1.165, 1.54) is 44.6 Å². The number of hydrogen-bond acceptors (Lipinski definition) is 1. The Bertz CT molecular complexity index is 1080. The van der Waals surface area contributed by atoms with Crippen molar-refractivity contribution in [2.45, 2.75) is 60.4 Å². The highest BCUT2D eigenvalue weighted by Crippen LogP contribution is 2.44. The van der Waals surface area contributed by atoms with Crippen LogP contribution >= 0.6 is 11.6 Å². The minimum Gasteiger partial charge on any atom is -0.334 e. The van der Waals surface area contributed by atoms with Gasteiger partial charge in [0.2, 0.25) is 0 Å². The molecule has 31 heavy (non-hydrogen) atoms. The van der Waals surface area contributed by atoms with E-state index in [4.69, 9.17) is 11.6 Å². The summed E-state index contributed by atoms with van der Waals surface area (Å²) in [7, 11) is 0. The Balaban J connectivity index is 0.00000132. The highest BCUT2D eigenvalue weighted by atomic mass is 35.5. The molecule has 0 fully saturated rings. The van der Waals surface area contributed by atoms with Crippen LogP contribution in [0.25, 0.3) is 0 Å². The first-order valence-electron chi connectivity index (χ1n) is 11.3. The Morgan fingerprint density at radius 1 is 0.935 bits per heavy atom. The SMILES string of the molecule is C=C1Cc2cc(CC)c(C)cc2C(c2ccc(Cl)cc2)N1c1ccc(C)cc1C.CC. The average molecular weight is 432 g/mol. The van der Waals surface area contributed by atoms with Crippen LogP contribution in [0.1, 0.15) is 65.8 Å². The summed E-state index contributed by atoms with van der Waals surface area (Å²) < 4.78 is 0. The maximum atomic E-state index is 6.21. The van der Waals surface area contributed by atoms with E-state index >= 15 is 0 Å². The third kappa shape index (κ3) is 4.57. The van der Waals surface area contributed by atoms with Crippen LogP contribution in [-0.2, 0) is 12.8 Å². The molecule has 0 aromatic heterocycles. The topological polar surface area (TPSA) is 3.24 Å². The quantitative estimate of drug-likeness (QED) is 0.401. The molecule has 0 saturated heterocycles. The third-order valence-electron chi connectivity index (χ3n) is 6.06. The van der Waals surface area contributed by atoms with Crippen LogP contribution in [0.3, 0.4) is 0 Å². The van der Waals surface area contributed by atoms with Gasteiger partial charge in [0.1, 0.15) is 0 Å². The molecule has 0 bridgehead atoms. The van der Waals surface area contributed by atoms with Crippen LogP contribution < -0.4 is 4.90 Å². The van der Waals surface area contributed by atoms with Gasteiger partial charge in [0.25, 0.3) is 0 Å². The molecular formula is C29H34ClN. The van der Waals surface area contributed by atoms with Crippen molar-refractivity contribution in [2.75, 3.05) is 4.90 Å². The number of nitrogens with zero attached hydrogens (tertiary/aromatic N) is 1. The van der Waals surface area contributed by atoms with Crippen molar-refractivity contribution in [1.82, 2.24) is 0 Å². The molecule has 0 N–H and O–H groups in total. The monoisotopic (exact) mass is 431 g/mol. The van der Waals surface area contributed by atoms with Gasteiger partial charge in [0.05, 0.1) is 6.04 Å². The highest BCUT2D eigenvalue weighted by Gasteiger charge is 2.32. The first-order chi connectivity index (χ1) is 14.9. The van der Waals surface area contributed by atoms with Crippen molar-refractivity contribution in [2.24, 2.45) is 0 Å². The van der Waals surface area contributed by atoms with Crippen molar-refractivity contribution >= 4 is 17.3 Å². The van der Waals surface area contributed by atoms with Gasteiger partial charge in [-0.05, 0) is 78.8 Å². The van der Waals surface area contributed by atoms with Crippen LogP contribution in [0.5, 0.6) is 0 Å². The van der Waals surface area contributed by atoms with Crippen LogP contribution in [0.4, 0.5) is 5.69 Å². The number of aryl methyl sites for hydroxylation is 4. The Morgan fingerprint density at radius 2 is 1.61 bits per heavy atom. The van der Waals surface area contributed by atoms with Crippen LogP contribution in [0.2, 0.25) is 5.02 Å². The standard InChI is InChI=1S/C27H28ClN.C2H6/c1-6-21-16-23-15-20(5)29(26-12-7-17(2)13-19(26)4)27(25(23)14-18(21)3)22-8-10-24(28)11-9-22;1-2/h7-14,16,27H,5-6,15H2,1-4H3;1-2H3. The van der Waals surface area contributed by atoms with E-state index in [-0.39, 0.29) is 6.04 Å². The van der Waals surface area contributed by atoms with Crippen molar-refractivity contribution in [3.8, 4) is 0 Å². The predicted molar refractivity (Wildman–Crippen MR) is 136 cm³/mol. The second-order valence-electron chi connectivity index (χ2n) is 8.19. The molecule has 1 heterocycles. The van der Waals surface area contributed by atoms with Crippen LogP contribution in [-0.4, -0.2) is 0 Å². The summed E-state index contributed by atoms with van der Waals surface area (Å²) in [5, 5.41) is 0.763. The average Bonchev–Trinajstić information content (AvgIpc) is 2.75. The molecule has 0 aliphatic carbocycles. The minimum atomic E-state index is 0.0922. The fourth-order valence-electron chi connectivity index (χ4n) is 4.60. The first kappa shape index (κ1) is 23.2. The van der Waals surface area contributed by atoms with E-state index in [0.717, 1.165) is 23.6 Å². The molecule has 1 aliphatic rings. The number of fused-ring (bicyclic) bond motifs is 1. The second-order valence-corrected chi connectivity index (χ2v) is 8.62. The molecule has 1 aliphatic heterocycles. The van der Waals surface area contributed by atoms with Gasteiger partial charge in [-0.25, -0.2) is 0 Å². The van der Waals surface area contributed by atoms with Gasteiger partial charge in [-0.3, -0.25) is 0 Å². The molecule has 0 amide bonds. The van der Waals surface area contributed by atoms with Gasteiger partial charge in [-0.1, -0.05) is 80.9 Å². The first-order valence-corrected chi connectivity index (χ1v) is 11.7. The molecule has 3 aromatic rings. The van der Waals surface area contributed by atoms with Gasteiger partial charge in [0.15, 0.2) is 0 Å². The minimum absolute atomic E-state index is 0.0922. The molecule has 162 valence electrons. The number of allylic oxidation sites excluding steroid dienone is 1. The smallest absolute Gasteiger partial charge is 0.0844 e. The molecular weight excluding hydrogens is 398 g/mol. The third-order valence-corrected chi connectivity index (χ3v) is 6.32. The second kappa shape index (κ2) is 9.75. The van der Waals surface area contributed by atoms with Crippen LogP contribution in [0, 0.1) is 20.8 Å². The van der Waals surface area contributed by atoms with Gasteiger partial charge in [0, 0.05) is 22.8 Å². The fraction of sp³-hybridized carbons (Fsp3) is 0.310. The zero-order chi connectivity index (χ0) is 22.7. The van der Waals surface area contributed by atoms with E-state index in [2.05, 4.69) is 81.6 Å². The number of halogens is 1. The highest BCUT2D eigenvalue weighted by molar-refractivity contribution is 6.30. The van der Waals surface area contributed by atoms with Gasteiger partial charge in [-0.2, -0.15) is 0 Å². The zero-order valence-corrected chi connectivity index (χ0v) is 20.5. The van der Waals surface area contributed by atoms with Crippen molar-refractivity contribution in [1.29, 1.82) is 0 Å². The summed E-state index contributed by atoms with van der Waals surface area (Å²) >= 11 is 6.21. The number of benzene rings is 3. The molecule has 0 radical (unpaired) electrons.